The fourth-order valence-electron chi connectivity index (χ4n) is 2.10. The van der Waals surface area contributed by atoms with Gasteiger partial charge in [0.2, 0.25) is 5.91 Å². The van der Waals surface area contributed by atoms with Gasteiger partial charge in [0.1, 0.15) is 0 Å². The Morgan fingerprint density at radius 2 is 1.77 bits per heavy atom. The molecule has 6 heteroatoms. The Morgan fingerprint density at radius 3 is 2.42 bits per heavy atom. The number of ether oxygens (including phenoxy) is 1. The van der Waals surface area contributed by atoms with Crippen molar-refractivity contribution in [3.05, 3.63) is 59.1 Å². The second kappa shape index (κ2) is 10.9. The Bertz CT molecular complexity index is 717. The first-order valence-corrected chi connectivity index (χ1v) is 9.90. The number of amides is 1. The lowest BCUT2D eigenvalue weighted by Crippen LogP contribution is -2.12. The zero-order valence-corrected chi connectivity index (χ0v) is 16.2. The van der Waals surface area contributed by atoms with Gasteiger partial charge in [-0.1, -0.05) is 24.9 Å². The molecule has 0 saturated heterocycles. The number of nitrogens with one attached hydrogen (secondary N) is 1. The van der Waals surface area contributed by atoms with E-state index in [1.807, 2.05) is 31.2 Å². The van der Waals surface area contributed by atoms with Gasteiger partial charge < -0.3 is 10.1 Å². The van der Waals surface area contributed by atoms with Crippen LogP contribution in [-0.4, -0.2) is 24.2 Å². The molecule has 26 heavy (non-hydrogen) atoms. The van der Waals surface area contributed by atoms with E-state index in [2.05, 4.69) is 5.32 Å². The van der Waals surface area contributed by atoms with E-state index in [1.165, 1.54) is 0 Å². The molecule has 138 valence electrons. The van der Waals surface area contributed by atoms with Crippen molar-refractivity contribution in [2.45, 2.75) is 31.1 Å². The molecule has 0 fully saturated rings. The number of thioether (sulfide) groups is 1. The average Bonchev–Trinajstić information content (AvgIpc) is 2.64. The summed E-state index contributed by atoms with van der Waals surface area (Å²) in [5.41, 5.74) is 1.15. The van der Waals surface area contributed by atoms with E-state index >= 15 is 0 Å². The van der Waals surface area contributed by atoms with Crippen LogP contribution in [0.2, 0.25) is 5.02 Å². The lowest BCUT2D eigenvalue weighted by Gasteiger charge is -2.07. The standard InChI is InChI=1S/C20H22ClNO3S/c1-2-3-13-25-20(24)15-4-8-17(9-5-15)22-19(23)12-14-26-18-10-6-16(21)7-11-18/h4-11H,2-3,12-14H2,1H3,(H,22,23). The summed E-state index contributed by atoms with van der Waals surface area (Å²) in [5.74, 6) is 0.274. The highest BCUT2D eigenvalue weighted by Gasteiger charge is 2.08. The average molecular weight is 392 g/mol. The Hall–Kier alpha value is -1.98. The van der Waals surface area contributed by atoms with Crippen molar-refractivity contribution in [3.8, 4) is 0 Å². The van der Waals surface area contributed by atoms with Crippen LogP contribution < -0.4 is 5.32 Å². The highest BCUT2D eigenvalue weighted by molar-refractivity contribution is 7.99. The molecule has 0 aliphatic rings. The first kappa shape index (κ1) is 20.3. The number of carbonyl (C=O) groups is 2. The van der Waals surface area contributed by atoms with Crippen LogP contribution in [0.1, 0.15) is 36.5 Å². The van der Waals surface area contributed by atoms with Gasteiger partial charge in [-0.15, -0.1) is 11.8 Å². The summed E-state index contributed by atoms with van der Waals surface area (Å²) in [7, 11) is 0. The van der Waals surface area contributed by atoms with Crippen LogP contribution >= 0.6 is 23.4 Å². The molecule has 0 heterocycles. The Kier molecular flexibility index (Phi) is 8.51. The topological polar surface area (TPSA) is 55.4 Å². The van der Waals surface area contributed by atoms with Gasteiger partial charge in [-0.3, -0.25) is 4.79 Å². The molecule has 1 N–H and O–H groups in total. The Balaban J connectivity index is 1.74. The van der Waals surface area contributed by atoms with Gasteiger partial charge in [0, 0.05) is 27.8 Å². The number of hydrogen-bond donors (Lipinski definition) is 1. The molecule has 0 aliphatic carbocycles. The molecule has 0 aromatic heterocycles. The molecule has 2 aromatic rings. The highest BCUT2D eigenvalue weighted by Crippen LogP contribution is 2.21. The Morgan fingerprint density at radius 1 is 1.08 bits per heavy atom. The van der Waals surface area contributed by atoms with Gasteiger partial charge in [0.15, 0.2) is 0 Å². The zero-order valence-electron chi connectivity index (χ0n) is 14.7. The van der Waals surface area contributed by atoms with Crippen LogP contribution in [0, 0.1) is 0 Å². The maximum Gasteiger partial charge on any atom is 0.338 e. The minimum Gasteiger partial charge on any atom is -0.462 e. The number of halogens is 1. The minimum atomic E-state index is -0.337. The summed E-state index contributed by atoms with van der Waals surface area (Å²) in [6.45, 7) is 2.47. The van der Waals surface area contributed by atoms with Crippen LogP contribution in [-0.2, 0) is 9.53 Å². The van der Waals surface area contributed by atoms with E-state index in [1.54, 1.807) is 36.0 Å². The van der Waals surface area contributed by atoms with Crippen molar-refractivity contribution in [1.29, 1.82) is 0 Å². The lowest BCUT2D eigenvalue weighted by molar-refractivity contribution is -0.115. The van der Waals surface area contributed by atoms with E-state index < -0.39 is 0 Å². The molecular formula is C20H22ClNO3S. The molecule has 0 bridgehead atoms. The van der Waals surface area contributed by atoms with Crippen LogP contribution in [0.15, 0.2) is 53.4 Å². The predicted octanol–water partition coefficient (Wildman–Crippen LogP) is 5.42. The van der Waals surface area contributed by atoms with Crippen molar-refractivity contribution < 1.29 is 14.3 Å². The molecule has 4 nitrogen and oxygen atoms in total. The minimum absolute atomic E-state index is 0.0651. The normalized spacial score (nSPS) is 10.4. The van der Waals surface area contributed by atoms with Crippen molar-refractivity contribution in [1.82, 2.24) is 0 Å². The first-order chi connectivity index (χ1) is 12.6. The molecule has 0 saturated carbocycles. The quantitative estimate of drug-likeness (QED) is 0.352. The third-order valence-corrected chi connectivity index (χ3v) is 4.81. The molecule has 0 radical (unpaired) electrons. The van der Waals surface area contributed by atoms with Crippen LogP contribution in [0.5, 0.6) is 0 Å². The summed E-state index contributed by atoms with van der Waals surface area (Å²) in [6, 6.07) is 14.3. The van der Waals surface area contributed by atoms with E-state index in [4.69, 9.17) is 16.3 Å². The van der Waals surface area contributed by atoms with E-state index in [0.717, 1.165) is 17.7 Å². The Labute approximate surface area is 163 Å². The molecule has 2 aromatic carbocycles. The predicted molar refractivity (Wildman–Crippen MR) is 107 cm³/mol. The molecule has 0 atom stereocenters. The van der Waals surface area contributed by atoms with Crippen LogP contribution in [0.25, 0.3) is 0 Å². The monoisotopic (exact) mass is 391 g/mol. The largest absolute Gasteiger partial charge is 0.462 e. The number of hydrogen-bond acceptors (Lipinski definition) is 4. The van der Waals surface area contributed by atoms with E-state index in [-0.39, 0.29) is 11.9 Å². The molecule has 0 unspecified atom stereocenters. The van der Waals surface area contributed by atoms with E-state index in [0.29, 0.717) is 35.1 Å². The number of benzene rings is 2. The molecule has 0 spiro atoms. The van der Waals surface area contributed by atoms with Gasteiger partial charge in [-0.25, -0.2) is 4.79 Å². The summed E-state index contributed by atoms with van der Waals surface area (Å²) >= 11 is 7.45. The third-order valence-electron chi connectivity index (χ3n) is 3.55. The smallest absolute Gasteiger partial charge is 0.338 e. The second-order valence-corrected chi connectivity index (χ2v) is 7.27. The molecule has 1 amide bonds. The second-order valence-electron chi connectivity index (χ2n) is 5.67. The SMILES string of the molecule is CCCCOC(=O)c1ccc(NC(=O)CCSc2ccc(Cl)cc2)cc1. The van der Waals surface area contributed by atoms with Crippen LogP contribution in [0.4, 0.5) is 5.69 Å². The fourth-order valence-corrected chi connectivity index (χ4v) is 3.08. The first-order valence-electron chi connectivity index (χ1n) is 8.54. The van der Waals surface area contributed by atoms with Crippen molar-refractivity contribution in [2.75, 3.05) is 17.7 Å². The third kappa shape index (κ3) is 7.10. The van der Waals surface area contributed by atoms with Crippen molar-refractivity contribution >= 4 is 40.9 Å². The summed E-state index contributed by atoms with van der Waals surface area (Å²) in [5, 5.41) is 3.53. The number of carbonyl (C=O) groups excluding carboxylic acids is 2. The molecule has 0 aliphatic heterocycles. The molecular weight excluding hydrogens is 370 g/mol. The van der Waals surface area contributed by atoms with Gasteiger partial charge >= 0.3 is 5.97 Å². The lowest BCUT2D eigenvalue weighted by atomic mass is 10.2. The number of unbranched alkanes of at least 4 members (excludes halogenated alkanes) is 1. The highest BCUT2D eigenvalue weighted by atomic mass is 35.5. The number of esters is 1. The maximum absolute atomic E-state index is 12.0. The van der Waals surface area contributed by atoms with E-state index in [9.17, 15) is 9.59 Å². The van der Waals surface area contributed by atoms with Gasteiger partial charge in [-0.2, -0.15) is 0 Å². The van der Waals surface area contributed by atoms with Crippen LogP contribution in [0.3, 0.4) is 0 Å². The zero-order chi connectivity index (χ0) is 18.8. The maximum atomic E-state index is 12.0. The van der Waals surface area contributed by atoms with Gasteiger partial charge in [0.25, 0.3) is 0 Å². The number of anilines is 1. The molecule has 2 rings (SSSR count). The number of rotatable bonds is 9. The van der Waals surface area contributed by atoms with Crippen molar-refractivity contribution in [3.63, 3.8) is 0 Å². The summed E-state index contributed by atoms with van der Waals surface area (Å²) in [4.78, 5) is 24.9. The van der Waals surface area contributed by atoms with Gasteiger partial charge in [0.05, 0.1) is 12.2 Å². The summed E-state index contributed by atoms with van der Waals surface area (Å²) < 4.78 is 5.15. The summed E-state index contributed by atoms with van der Waals surface area (Å²) in [6.07, 6.45) is 2.23. The van der Waals surface area contributed by atoms with Crippen molar-refractivity contribution in [2.24, 2.45) is 0 Å². The fraction of sp³-hybridized carbons (Fsp3) is 0.300. The van der Waals surface area contributed by atoms with Gasteiger partial charge in [-0.05, 0) is 55.0 Å².